The topological polar surface area (TPSA) is 37.3 Å². The van der Waals surface area contributed by atoms with Crippen LogP contribution in [0.25, 0.3) is 0 Å². The van der Waals surface area contributed by atoms with Crippen LogP contribution in [0.15, 0.2) is 66.9 Å². The molecule has 2 rings (SSSR count). The van der Waals surface area contributed by atoms with Gasteiger partial charge in [-0.3, -0.25) is 4.79 Å². The molecule has 0 aliphatic rings. The van der Waals surface area contributed by atoms with Gasteiger partial charge in [0.2, 0.25) is 0 Å². The van der Waals surface area contributed by atoms with E-state index in [1.54, 1.807) is 24.3 Å². The molecule has 2 aromatic rings. The van der Waals surface area contributed by atoms with Gasteiger partial charge in [0.25, 0.3) is 0 Å². The summed E-state index contributed by atoms with van der Waals surface area (Å²) in [6.07, 6.45) is 0. The molecule has 0 spiro atoms. The zero-order valence-electron chi connectivity index (χ0n) is 10.8. The molecule has 1 unspecified atom stereocenters. The normalized spacial score (nSPS) is 11.8. The minimum absolute atomic E-state index is 0.0156. The van der Waals surface area contributed by atoms with Gasteiger partial charge in [-0.15, -0.1) is 0 Å². The lowest BCUT2D eigenvalue weighted by molar-refractivity contribution is 0.103. The molecular formula is C17H16O2. The van der Waals surface area contributed by atoms with Crippen LogP contribution in [0.5, 0.6) is 0 Å². The third-order valence-electron chi connectivity index (χ3n) is 3.18. The van der Waals surface area contributed by atoms with Gasteiger partial charge in [0, 0.05) is 17.0 Å². The fraction of sp³-hybridized carbons (Fsp3) is 0.118. The Morgan fingerprint density at radius 3 is 2.32 bits per heavy atom. The lowest BCUT2D eigenvalue weighted by atomic mass is 9.95. The molecule has 0 aliphatic heterocycles. The Balaban J connectivity index is 2.34. The number of aliphatic hydroxyl groups excluding tert-OH is 1. The zero-order chi connectivity index (χ0) is 13.8. The molecule has 0 saturated carbocycles. The van der Waals surface area contributed by atoms with E-state index in [0.29, 0.717) is 11.1 Å². The van der Waals surface area contributed by atoms with Crippen molar-refractivity contribution in [2.24, 2.45) is 0 Å². The van der Waals surface area contributed by atoms with Gasteiger partial charge >= 0.3 is 0 Å². The van der Waals surface area contributed by atoms with Gasteiger partial charge in [-0.25, -0.2) is 0 Å². The van der Waals surface area contributed by atoms with E-state index in [1.807, 2.05) is 37.3 Å². The maximum absolute atomic E-state index is 12.3. The third-order valence-corrected chi connectivity index (χ3v) is 3.18. The van der Waals surface area contributed by atoms with Gasteiger partial charge in [-0.1, -0.05) is 62.0 Å². The van der Waals surface area contributed by atoms with Crippen LogP contribution >= 0.6 is 0 Å². The molecule has 96 valence electrons. The lowest BCUT2D eigenvalue weighted by Crippen LogP contribution is -2.03. The first-order valence-corrected chi connectivity index (χ1v) is 6.17. The molecule has 0 aliphatic carbocycles. The molecule has 0 aromatic heterocycles. The molecule has 1 N–H and O–H groups in total. The molecule has 0 amide bonds. The molecular weight excluding hydrogens is 236 g/mol. The smallest absolute Gasteiger partial charge is 0.193 e. The van der Waals surface area contributed by atoms with E-state index in [9.17, 15) is 9.90 Å². The van der Waals surface area contributed by atoms with E-state index in [-0.39, 0.29) is 17.5 Å². The van der Waals surface area contributed by atoms with Crippen molar-refractivity contribution in [2.75, 3.05) is 0 Å². The number of allylic oxidation sites excluding steroid dienone is 1. The van der Waals surface area contributed by atoms with Crippen molar-refractivity contribution in [1.29, 1.82) is 0 Å². The van der Waals surface area contributed by atoms with Crippen LogP contribution in [0, 0.1) is 0 Å². The monoisotopic (exact) mass is 252 g/mol. The molecule has 0 radical (unpaired) electrons. The molecule has 2 heteroatoms. The molecule has 0 heterocycles. The summed E-state index contributed by atoms with van der Waals surface area (Å²) >= 11 is 0. The maximum Gasteiger partial charge on any atom is 0.193 e. The van der Waals surface area contributed by atoms with Crippen molar-refractivity contribution < 1.29 is 9.90 Å². The first-order chi connectivity index (χ1) is 9.09. The fourth-order valence-corrected chi connectivity index (χ4v) is 1.90. The largest absolute Gasteiger partial charge is 0.512 e. The van der Waals surface area contributed by atoms with Crippen LogP contribution in [0.3, 0.4) is 0 Å². The Bertz CT molecular complexity index is 600. The second-order valence-corrected chi connectivity index (χ2v) is 4.53. The van der Waals surface area contributed by atoms with Crippen LogP contribution in [0.4, 0.5) is 0 Å². The number of carbonyl (C=O) groups is 1. The van der Waals surface area contributed by atoms with Gasteiger partial charge < -0.3 is 5.11 Å². The highest BCUT2D eigenvalue weighted by atomic mass is 16.3. The van der Waals surface area contributed by atoms with Gasteiger partial charge in [-0.2, -0.15) is 0 Å². The summed E-state index contributed by atoms with van der Waals surface area (Å²) in [6, 6.07) is 16.5. The van der Waals surface area contributed by atoms with E-state index in [2.05, 4.69) is 6.58 Å². The van der Waals surface area contributed by atoms with Crippen LogP contribution in [-0.4, -0.2) is 10.9 Å². The van der Waals surface area contributed by atoms with Gasteiger partial charge in [0.1, 0.15) is 0 Å². The van der Waals surface area contributed by atoms with Crippen LogP contribution in [-0.2, 0) is 0 Å². The van der Waals surface area contributed by atoms with Crippen molar-refractivity contribution >= 4 is 5.78 Å². The molecule has 0 fully saturated rings. The van der Waals surface area contributed by atoms with E-state index in [1.165, 1.54) is 0 Å². The van der Waals surface area contributed by atoms with E-state index >= 15 is 0 Å². The Hall–Kier alpha value is -2.35. The molecule has 0 bridgehead atoms. The van der Waals surface area contributed by atoms with E-state index in [4.69, 9.17) is 0 Å². The van der Waals surface area contributed by atoms with E-state index < -0.39 is 0 Å². The predicted molar refractivity (Wildman–Crippen MR) is 76.5 cm³/mol. The first-order valence-electron chi connectivity index (χ1n) is 6.17. The zero-order valence-corrected chi connectivity index (χ0v) is 10.8. The van der Waals surface area contributed by atoms with Crippen molar-refractivity contribution in [3.63, 3.8) is 0 Å². The number of hydrogen-bond donors (Lipinski definition) is 1. The van der Waals surface area contributed by atoms with Crippen LogP contribution in [0.1, 0.15) is 34.3 Å². The number of rotatable bonds is 4. The molecule has 0 saturated heterocycles. The average Bonchev–Trinajstić information content (AvgIpc) is 2.46. The van der Waals surface area contributed by atoms with Crippen LogP contribution < -0.4 is 0 Å². The first kappa shape index (κ1) is 13.1. The molecule has 19 heavy (non-hydrogen) atoms. The Morgan fingerprint density at radius 1 is 1.05 bits per heavy atom. The summed E-state index contributed by atoms with van der Waals surface area (Å²) in [5.74, 6) is -0.0916. The van der Waals surface area contributed by atoms with E-state index in [0.717, 1.165) is 5.56 Å². The highest BCUT2D eigenvalue weighted by Crippen LogP contribution is 2.22. The second-order valence-electron chi connectivity index (χ2n) is 4.53. The standard InChI is InChI=1S/C17H16O2/c1-12(13(2)18)15-9-6-10-16(11-15)17(19)14-7-4-3-5-8-14/h3-12,18H,2H2,1H3. The van der Waals surface area contributed by atoms with Crippen molar-refractivity contribution in [3.05, 3.63) is 83.6 Å². The number of ketones is 1. The van der Waals surface area contributed by atoms with Gasteiger partial charge in [0.15, 0.2) is 5.78 Å². The quantitative estimate of drug-likeness (QED) is 0.657. The summed E-state index contributed by atoms with van der Waals surface area (Å²) in [5.41, 5.74) is 2.17. The average molecular weight is 252 g/mol. The minimum Gasteiger partial charge on any atom is -0.512 e. The summed E-state index contributed by atoms with van der Waals surface area (Å²) in [7, 11) is 0. The molecule has 2 aromatic carbocycles. The van der Waals surface area contributed by atoms with Crippen molar-refractivity contribution in [2.45, 2.75) is 12.8 Å². The third kappa shape index (κ3) is 2.91. The number of benzene rings is 2. The highest BCUT2D eigenvalue weighted by Gasteiger charge is 2.12. The lowest BCUT2D eigenvalue weighted by Gasteiger charge is -2.11. The fourth-order valence-electron chi connectivity index (χ4n) is 1.90. The Labute approximate surface area is 113 Å². The second kappa shape index (κ2) is 5.53. The summed E-state index contributed by atoms with van der Waals surface area (Å²) in [4.78, 5) is 12.3. The Morgan fingerprint density at radius 2 is 1.68 bits per heavy atom. The maximum atomic E-state index is 12.3. The van der Waals surface area contributed by atoms with Gasteiger partial charge in [-0.05, 0) is 11.6 Å². The minimum atomic E-state index is -0.177. The van der Waals surface area contributed by atoms with Gasteiger partial charge in [0.05, 0.1) is 5.76 Å². The number of carbonyl (C=O) groups excluding carboxylic acids is 1. The number of hydrogen-bond acceptors (Lipinski definition) is 2. The Kier molecular flexibility index (Phi) is 3.81. The molecule has 2 nitrogen and oxygen atoms in total. The SMILES string of the molecule is C=C(O)C(C)c1cccc(C(=O)c2ccccc2)c1. The molecule has 1 atom stereocenters. The summed E-state index contributed by atoms with van der Waals surface area (Å²) < 4.78 is 0. The van der Waals surface area contributed by atoms with Crippen molar-refractivity contribution in [1.82, 2.24) is 0 Å². The van der Waals surface area contributed by atoms with Crippen LogP contribution in [0.2, 0.25) is 0 Å². The predicted octanol–water partition coefficient (Wildman–Crippen LogP) is 4.09. The van der Waals surface area contributed by atoms with Crippen molar-refractivity contribution in [3.8, 4) is 0 Å². The summed E-state index contributed by atoms with van der Waals surface area (Å²) in [6.45, 7) is 5.39. The summed E-state index contributed by atoms with van der Waals surface area (Å²) in [5, 5.41) is 9.44. The highest BCUT2D eigenvalue weighted by molar-refractivity contribution is 6.09. The number of aliphatic hydroxyl groups is 1.